The summed E-state index contributed by atoms with van der Waals surface area (Å²) in [7, 11) is 0. The van der Waals surface area contributed by atoms with Gasteiger partial charge in [-0.15, -0.1) is 0 Å². The molecule has 0 aromatic heterocycles. The predicted molar refractivity (Wildman–Crippen MR) is 68.3 cm³/mol. The molecule has 0 aliphatic carbocycles. The fourth-order valence-electron chi connectivity index (χ4n) is 2.02. The molecule has 1 heterocycles. The van der Waals surface area contributed by atoms with E-state index in [9.17, 15) is 14.0 Å². The first kappa shape index (κ1) is 13.8. The minimum absolute atomic E-state index is 0.152. The van der Waals surface area contributed by atoms with Crippen LogP contribution >= 0.6 is 11.6 Å². The van der Waals surface area contributed by atoms with E-state index >= 15 is 0 Å². The van der Waals surface area contributed by atoms with Crippen molar-refractivity contribution in [1.82, 2.24) is 10.2 Å². The molecule has 7 heteroatoms. The Morgan fingerprint density at radius 3 is 2.89 bits per heavy atom. The molecule has 3 N–H and O–H groups in total. The molecule has 1 unspecified atom stereocenters. The summed E-state index contributed by atoms with van der Waals surface area (Å²) in [6.45, 7) is 1.08. The third-order valence-corrected chi connectivity index (χ3v) is 3.23. The molecule has 1 aliphatic heterocycles. The van der Waals surface area contributed by atoms with E-state index < -0.39 is 23.7 Å². The molecule has 2 rings (SSSR count). The number of hydrogen-bond acceptors (Lipinski definition) is 3. The van der Waals surface area contributed by atoms with Crippen LogP contribution in [0, 0.1) is 5.82 Å². The number of piperazine rings is 1. The lowest BCUT2D eigenvalue weighted by atomic mass is 10.1. The van der Waals surface area contributed by atoms with Crippen LogP contribution in [0.1, 0.15) is 10.4 Å². The van der Waals surface area contributed by atoms with E-state index in [1.807, 2.05) is 0 Å². The number of primary amides is 1. The van der Waals surface area contributed by atoms with Gasteiger partial charge in [-0.2, -0.15) is 0 Å². The average molecular weight is 286 g/mol. The monoisotopic (exact) mass is 285 g/mol. The standard InChI is InChI=1S/C12H13ClFN3O2/c13-7-1-2-9(14)8(5-7)12(19)17-4-3-16-6-10(17)11(15)18/h1-2,5,10,16H,3-4,6H2,(H2,15,18). The van der Waals surface area contributed by atoms with Gasteiger partial charge in [0.05, 0.1) is 5.56 Å². The third kappa shape index (κ3) is 2.85. The highest BCUT2D eigenvalue weighted by Gasteiger charge is 2.32. The maximum atomic E-state index is 13.7. The van der Waals surface area contributed by atoms with Gasteiger partial charge in [-0.1, -0.05) is 11.6 Å². The molecule has 1 fully saturated rings. The van der Waals surface area contributed by atoms with Gasteiger partial charge >= 0.3 is 0 Å². The van der Waals surface area contributed by atoms with Gasteiger partial charge in [-0.25, -0.2) is 4.39 Å². The summed E-state index contributed by atoms with van der Waals surface area (Å²) in [5.74, 6) is -1.87. The van der Waals surface area contributed by atoms with Gasteiger partial charge in [0.2, 0.25) is 5.91 Å². The van der Waals surface area contributed by atoms with Gasteiger partial charge in [0.15, 0.2) is 0 Å². The van der Waals surface area contributed by atoms with Crippen molar-refractivity contribution < 1.29 is 14.0 Å². The van der Waals surface area contributed by atoms with Crippen LogP contribution in [0.25, 0.3) is 0 Å². The van der Waals surface area contributed by atoms with Crippen molar-refractivity contribution in [1.29, 1.82) is 0 Å². The van der Waals surface area contributed by atoms with Crippen molar-refractivity contribution in [3.63, 3.8) is 0 Å². The number of carbonyl (C=O) groups is 2. The topological polar surface area (TPSA) is 75.4 Å². The summed E-state index contributed by atoms with van der Waals surface area (Å²) in [5.41, 5.74) is 5.10. The number of nitrogens with two attached hydrogens (primary N) is 1. The third-order valence-electron chi connectivity index (χ3n) is 2.99. The van der Waals surface area contributed by atoms with Crippen LogP contribution in [-0.2, 0) is 4.79 Å². The van der Waals surface area contributed by atoms with E-state index in [4.69, 9.17) is 17.3 Å². The number of carbonyl (C=O) groups excluding carboxylic acids is 2. The summed E-state index contributed by atoms with van der Waals surface area (Å²) in [6.07, 6.45) is 0. The van der Waals surface area contributed by atoms with Gasteiger partial charge in [0, 0.05) is 24.7 Å². The zero-order valence-corrected chi connectivity index (χ0v) is 10.8. The molecule has 102 valence electrons. The van der Waals surface area contributed by atoms with Crippen molar-refractivity contribution >= 4 is 23.4 Å². The van der Waals surface area contributed by atoms with Gasteiger partial charge in [-0.3, -0.25) is 9.59 Å². The van der Waals surface area contributed by atoms with E-state index in [1.54, 1.807) is 0 Å². The zero-order valence-electron chi connectivity index (χ0n) is 10.0. The van der Waals surface area contributed by atoms with E-state index in [2.05, 4.69) is 5.32 Å². The smallest absolute Gasteiger partial charge is 0.257 e. The number of halogens is 2. The normalized spacial score (nSPS) is 19.3. The number of rotatable bonds is 2. The van der Waals surface area contributed by atoms with Gasteiger partial charge in [0.25, 0.3) is 5.91 Å². The second-order valence-electron chi connectivity index (χ2n) is 4.25. The Kier molecular flexibility index (Phi) is 4.01. The lowest BCUT2D eigenvalue weighted by Crippen LogP contribution is -2.58. The van der Waals surface area contributed by atoms with Gasteiger partial charge < -0.3 is 16.0 Å². The largest absolute Gasteiger partial charge is 0.368 e. The lowest BCUT2D eigenvalue weighted by molar-refractivity contribution is -0.122. The summed E-state index contributed by atoms with van der Waals surface area (Å²) in [6, 6.07) is 2.95. The molecular weight excluding hydrogens is 273 g/mol. The highest BCUT2D eigenvalue weighted by Crippen LogP contribution is 2.18. The predicted octanol–water partition coefficient (Wildman–Crippen LogP) is 0.378. The highest BCUT2D eigenvalue weighted by atomic mass is 35.5. The number of nitrogens with zero attached hydrogens (tertiary/aromatic N) is 1. The van der Waals surface area contributed by atoms with E-state index in [-0.39, 0.29) is 17.1 Å². The first-order valence-electron chi connectivity index (χ1n) is 5.76. The molecule has 0 bridgehead atoms. The van der Waals surface area contributed by atoms with Crippen molar-refractivity contribution in [3.05, 3.63) is 34.6 Å². The van der Waals surface area contributed by atoms with Crippen molar-refractivity contribution in [3.8, 4) is 0 Å². The quantitative estimate of drug-likeness (QED) is 0.825. The fraction of sp³-hybridized carbons (Fsp3) is 0.333. The lowest BCUT2D eigenvalue weighted by Gasteiger charge is -2.34. The van der Waals surface area contributed by atoms with Crippen molar-refractivity contribution in [2.24, 2.45) is 5.73 Å². The molecule has 0 radical (unpaired) electrons. The Bertz CT molecular complexity index is 524. The second kappa shape index (κ2) is 5.54. The molecule has 1 aliphatic rings. The summed E-state index contributed by atoms with van der Waals surface area (Å²) >= 11 is 5.76. The molecule has 1 aromatic rings. The second-order valence-corrected chi connectivity index (χ2v) is 4.68. The molecule has 5 nitrogen and oxygen atoms in total. The molecular formula is C12H13ClFN3O2. The molecule has 0 spiro atoms. The molecule has 0 saturated carbocycles. The molecule has 1 aromatic carbocycles. The highest BCUT2D eigenvalue weighted by molar-refractivity contribution is 6.31. The Hall–Kier alpha value is -1.66. The maximum Gasteiger partial charge on any atom is 0.257 e. The van der Waals surface area contributed by atoms with Crippen molar-refractivity contribution in [2.45, 2.75) is 6.04 Å². The summed E-state index contributed by atoms with van der Waals surface area (Å²) in [4.78, 5) is 24.9. The summed E-state index contributed by atoms with van der Waals surface area (Å²) < 4.78 is 13.7. The van der Waals surface area contributed by atoms with Crippen LogP contribution in [0.3, 0.4) is 0 Å². The number of benzene rings is 1. The van der Waals surface area contributed by atoms with Crippen LogP contribution in [0.15, 0.2) is 18.2 Å². The van der Waals surface area contributed by atoms with Gasteiger partial charge in [-0.05, 0) is 18.2 Å². The molecule has 19 heavy (non-hydrogen) atoms. The van der Waals surface area contributed by atoms with Crippen LogP contribution in [0.5, 0.6) is 0 Å². The Morgan fingerprint density at radius 2 is 2.21 bits per heavy atom. The zero-order chi connectivity index (χ0) is 14.0. The van der Waals surface area contributed by atoms with Crippen molar-refractivity contribution in [2.75, 3.05) is 19.6 Å². The first-order chi connectivity index (χ1) is 9.00. The Morgan fingerprint density at radius 1 is 1.47 bits per heavy atom. The van der Waals surface area contributed by atoms with E-state index in [1.165, 1.54) is 17.0 Å². The molecule has 1 saturated heterocycles. The van der Waals surface area contributed by atoms with Crippen LogP contribution < -0.4 is 11.1 Å². The Labute approximate surface area is 114 Å². The fourth-order valence-corrected chi connectivity index (χ4v) is 2.19. The van der Waals surface area contributed by atoms with Crippen LogP contribution in [0.2, 0.25) is 5.02 Å². The van der Waals surface area contributed by atoms with E-state index in [0.717, 1.165) is 6.07 Å². The van der Waals surface area contributed by atoms with Crippen LogP contribution in [0.4, 0.5) is 4.39 Å². The number of hydrogen-bond donors (Lipinski definition) is 2. The summed E-state index contributed by atoms with van der Waals surface area (Å²) in [5, 5.41) is 3.22. The average Bonchev–Trinajstić information content (AvgIpc) is 2.40. The van der Waals surface area contributed by atoms with Gasteiger partial charge in [0.1, 0.15) is 11.9 Å². The number of nitrogens with one attached hydrogen (secondary N) is 1. The minimum Gasteiger partial charge on any atom is -0.368 e. The molecule has 2 amide bonds. The van der Waals surface area contributed by atoms with E-state index in [0.29, 0.717) is 13.1 Å². The minimum atomic E-state index is -0.778. The maximum absolute atomic E-state index is 13.7. The molecule has 1 atom stereocenters. The SMILES string of the molecule is NC(=O)C1CNCCN1C(=O)c1cc(Cl)ccc1F. The van der Waals surface area contributed by atoms with Crippen LogP contribution in [-0.4, -0.2) is 42.4 Å². The number of amides is 2. The Balaban J connectivity index is 2.31. The first-order valence-corrected chi connectivity index (χ1v) is 6.14.